The van der Waals surface area contributed by atoms with E-state index in [2.05, 4.69) is 10.9 Å². The molecule has 0 spiro atoms. The molecule has 2 rings (SSSR count). The first-order valence-corrected chi connectivity index (χ1v) is 7.91. The van der Waals surface area contributed by atoms with Crippen molar-refractivity contribution in [1.29, 1.82) is 0 Å². The zero-order valence-corrected chi connectivity index (χ0v) is 14.2. The monoisotopic (exact) mass is 346 g/mol. The number of phenols is 1. The molecule has 0 radical (unpaired) electrons. The summed E-state index contributed by atoms with van der Waals surface area (Å²) in [5.41, 5.74) is 5.65. The maximum absolute atomic E-state index is 12.5. The lowest BCUT2D eigenvalue weighted by Crippen LogP contribution is -2.44. The lowest BCUT2D eigenvalue weighted by Gasteiger charge is -2.21. The Balaban J connectivity index is 2.07. The van der Waals surface area contributed by atoms with E-state index in [1.807, 2.05) is 13.8 Å². The molecule has 24 heavy (non-hydrogen) atoms. The molecule has 0 fully saturated rings. The Morgan fingerprint density at radius 1 is 1.00 bits per heavy atom. The van der Waals surface area contributed by atoms with E-state index in [1.54, 1.807) is 36.4 Å². The Labute approximate surface area is 145 Å². The van der Waals surface area contributed by atoms with Gasteiger partial charge in [-0.05, 0) is 35.7 Å². The van der Waals surface area contributed by atoms with Gasteiger partial charge in [0, 0.05) is 5.02 Å². The quantitative estimate of drug-likeness (QED) is 0.743. The van der Waals surface area contributed by atoms with Crippen molar-refractivity contribution in [3.8, 4) is 5.75 Å². The summed E-state index contributed by atoms with van der Waals surface area (Å²) in [4.78, 5) is 24.5. The molecule has 1 atom stereocenters. The number of phenolic OH excluding ortho intramolecular Hbond substituents is 1. The number of amides is 2. The van der Waals surface area contributed by atoms with Crippen LogP contribution in [-0.2, 0) is 4.79 Å². The minimum atomic E-state index is -0.583. The van der Waals surface area contributed by atoms with Crippen LogP contribution in [-0.4, -0.2) is 16.9 Å². The van der Waals surface area contributed by atoms with Gasteiger partial charge in [0.05, 0.1) is 11.5 Å². The molecule has 0 aromatic heterocycles. The first-order chi connectivity index (χ1) is 11.4. The van der Waals surface area contributed by atoms with Crippen LogP contribution < -0.4 is 10.9 Å². The van der Waals surface area contributed by atoms with E-state index in [1.165, 1.54) is 12.1 Å². The highest BCUT2D eigenvalue weighted by molar-refractivity contribution is 6.30. The van der Waals surface area contributed by atoms with E-state index in [4.69, 9.17) is 11.6 Å². The second-order valence-corrected chi connectivity index (χ2v) is 6.17. The third-order valence-electron chi connectivity index (χ3n) is 3.63. The average Bonchev–Trinajstić information content (AvgIpc) is 2.55. The van der Waals surface area contributed by atoms with E-state index in [0.717, 1.165) is 5.56 Å². The van der Waals surface area contributed by atoms with Gasteiger partial charge in [-0.15, -0.1) is 0 Å². The topological polar surface area (TPSA) is 78.4 Å². The molecule has 126 valence electrons. The minimum absolute atomic E-state index is 0.0215. The molecule has 6 heteroatoms. The standard InChI is InChI=1S/C18H19ClN2O3/c1-11(2)16(12-7-9-13(19)10-8-12)18(24)21-20-17(23)14-5-3-4-6-15(14)22/h3-11,16,22H,1-2H3,(H,20,23)(H,21,24)/t16-/m0/s1. The summed E-state index contributed by atoms with van der Waals surface area (Å²) in [6.07, 6.45) is 0. The van der Waals surface area contributed by atoms with Crippen LogP contribution in [0.15, 0.2) is 48.5 Å². The van der Waals surface area contributed by atoms with Crippen molar-refractivity contribution in [1.82, 2.24) is 10.9 Å². The van der Waals surface area contributed by atoms with Gasteiger partial charge in [0.1, 0.15) is 5.75 Å². The SMILES string of the molecule is CC(C)[C@H](C(=O)NNC(=O)c1ccccc1O)c1ccc(Cl)cc1. The van der Waals surface area contributed by atoms with Crippen molar-refractivity contribution < 1.29 is 14.7 Å². The Morgan fingerprint density at radius 2 is 1.62 bits per heavy atom. The summed E-state index contributed by atoms with van der Waals surface area (Å²) in [5, 5.41) is 10.3. The van der Waals surface area contributed by atoms with Crippen LogP contribution in [0, 0.1) is 5.92 Å². The normalized spacial score (nSPS) is 11.8. The van der Waals surface area contributed by atoms with Gasteiger partial charge in [0.25, 0.3) is 5.91 Å². The summed E-state index contributed by atoms with van der Waals surface area (Å²) in [5.74, 6) is -1.49. The van der Waals surface area contributed by atoms with Gasteiger partial charge in [0.15, 0.2) is 0 Å². The fraction of sp³-hybridized carbons (Fsp3) is 0.222. The summed E-state index contributed by atoms with van der Waals surface area (Å²) in [6.45, 7) is 3.84. The molecule has 2 aromatic rings. The van der Waals surface area contributed by atoms with Crippen LogP contribution in [0.25, 0.3) is 0 Å². The van der Waals surface area contributed by atoms with Gasteiger partial charge < -0.3 is 5.11 Å². The van der Waals surface area contributed by atoms with E-state index < -0.39 is 11.8 Å². The van der Waals surface area contributed by atoms with Crippen LogP contribution in [0.4, 0.5) is 0 Å². The zero-order valence-electron chi connectivity index (χ0n) is 13.4. The molecule has 0 saturated carbocycles. The second kappa shape index (κ2) is 7.84. The van der Waals surface area contributed by atoms with Crippen molar-refractivity contribution in [3.63, 3.8) is 0 Å². The molecule has 2 amide bonds. The molecular weight excluding hydrogens is 328 g/mol. The predicted molar refractivity (Wildman–Crippen MR) is 92.7 cm³/mol. The maximum Gasteiger partial charge on any atom is 0.273 e. The number of hydrogen-bond acceptors (Lipinski definition) is 3. The van der Waals surface area contributed by atoms with Crippen LogP contribution in [0.2, 0.25) is 5.02 Å². The first kappa shape index (κ1) is 17.8. The molecule has 0 heterocycles. The Morgan fingerprint density at radius 3 is 2.21 bits per heavy atom. The molecule has 0 bridgehead atoms. The Bertz CT molecular complexity index is 729. The van der Waals surface area contributed by atoms with Crippen LogP contribution in [0.3, 0.4) is 0 Å². The van der Waals surface area contributed by atoms with E-state index in [9.17, 15) is 14.7 Å². The van der Waals surface area contributed by atoms with E-state index in [0.29, 0.717) is 5.02 Å². The molecule has 0 aliphatic heterocycles. The lowest BCUT2D eigenvalue weighted by molar-refractivity contribution is -0.124. The smallest absolute Gasteiger partial charge is 0.273 e. The Kier molecular flexibility index (Phi) is 5.82. The number of benzene rings is 2. The molecule has 0 aliphatic carbocycles. The van der Waals surface area contributed by atoms with E-state index >= 15 is 0 Å². The Hall–Kier alpha value is -2.53. The largest absolute Gasteiger partial charge is 0.507 e. The van der Waals surface area contributed by atoms with Gasteiger partial charge in [-0.25, -0.2) is 0 Å². The predicted octanol–water partition coefficient (Wildman–Crippen LogP) is 3.25. The lowest BCUT2D eigenvalue weighted by atomic mass is 9.88. The minimum Gasteiger partial charge on any atom is -0.507 e. The summed E-state index contributed by atoms with van der Waals surface area (Å²) in [6, 6.07) is 13.1. The summed E-state index contributed by atoms with van der Waals surface area (Å²) < 4.78 is 0. The number of para-hydroxylation sites is 1. The molecule has 0 saturated heterocycles. The summed E-state index contributed by atoms with van der Waals surface area (Å²) >= 11 is 5.88. The van der Waals surface area contributed by atoms with Gasteiger partial charge in [-0.2, -0.15) is 0 Å². The highest BCUT2D eigenvalue weighted by Crippen LogP contribution is 2.25. The molecule has 2 aromatic carbocycles. The van der Waals surface area contributed by atoms with Crippen molar-refractivity contribution in [2.24, 2.45) is 5.92 Å². The molecular formula is C18H19ClN2O3. The highest BCUT2D eigenvalue weighted by Gasteiger charge is 2.24. The zero-order chi connectivity index (χ0) is 17.7. The van der Waals surface area contributed by atoms with Crippen LogP contribution in [0.5, 0.6) is 5.75 Å². The highest BCUT2D eigenvalue weighted by atomic mass is 35.5. The van der Waals surface area contributed by atoms with Gasteiger partial charge in [0.2, 0.25) is 5.91 Å². The van der Waals surface area contributed by atoms with Crippen molar-refractivity contribution >= 4 is 23.4 Å². The number of hydrogen-bond donors (Lipinski definition) is 3. The number of rotatable bonds is 4. The van der Waals surface area contributed by atoms with Gasteiger partial charge >= 0.3 is 0 Å². The van der Waals surface area contributed by atoms with Gasteiger partial charge in [-0.1, -0.05) is 49.7 Å². The van der Waals surface area contributed by atoms with Crippen LogP contribution in [0.1, 0.15) is 35.7 Å². The number of hydrazine groups is 1. The van der Waals surface area contributed by atoms with Crippen molar-refractivity contribution in [2.45, 2.75) is 19.8 Å². The average molecular weight is 347 g/mol. The third kappa shape index (κ3) is 4.26. The molecule has 3 N–H and O–H groups in total. The maximum atomic E-state index is 12.5. The number of nitrogens with one attached hydrogen (secondary N) is 2. The number of carbonyl (C=O) groups is 2. The fourth-order valence-electron chi connectivity index (χ4n) is 2.44. The second-order valence-electron chi connectivity index (χ2n) is 5.73. The first-order valence-electron chi connectivity index (χ1n) is 7.53. The van der Waals surface area contributed by atoms with Crippen molar-refractivity contribution in [3.05, 3.63) is 64.7 Å². The molecule has 5 nitrogen and oxygen atoms in total. The fourth-order valence-corrected chi connectivity index (χ4v) is 2.56. The molecule has 0 unspecified atom stereocenters. The summed E-state index contributed by atoms with van der Waals surface area (Å²) in [7, 11) is 0. The van der Waals surface area contributed by atoms with Gasteiger partial charge in [-0.3, -0.25) is 20.4 Å². The third-order valence-corrected chi connectivity index (χ3v) is 3.88. The van der Waals surface area contributed by atoms with E-state index in [-0.39, 0.29) is 23.1 Å². The molecule has 0 aliphatic rings. The number of halogens is 1. The number of aromatic hydroxyl groups is 1. The number of carbonyl (C=O) groups excluding carboxylic acids is 2. The van der Waals surface area contributed by atoms with Crippen molar-refractivity contribution in [2.75, 3.05) is 0 Å². The van der Waals surface area contributed by atoms with Crippen LogP contribution >= 0.6 is 11.6 Å².